The lowest BCUT2D eigenvalue weighted by Crippen LogP contribution is -2.61. The fourth-order valence-corrected chi connectivity index (χ4v) is 4.25. The van der Waals surface area contributed by atoms with Crippen molar-refractivity contribution in [3.8, 4) is 5.75 Å². The van der Waals surface area contributed by atoms with Crippen LogP contribution in [-0.4, -0.2) is 78.9 Å². The van der Waals surface area contributed by atoms with E-state index in [9.17, 15) is 14.0 Å². The van der Waals surface area contributed by atoms with E-state index in [1.807, 2.05) is 32.8 Å². The van der Waals surface area contributed by atoms with Crippen LogP contribution in [0.4, 0.5) is 4.39 Å². The first kappa shape index (κ1) is 20.6. The Kier molecular flexibility index (Phi) is 5.93. The number of carbonyl (C=O) groups is 2. The summed E-state index contributed by atoms with van der Waals surface area (Å²) >= 11 is 0. The van der Waals surface area contributed by atoms with Crippen molar-refractivity contribution in [1.82, 2.24) is 14.7 Å². The number of benzene rings is 1. The van der Waals surface area contributed by atoms with Crippen LogP contribution < -0.4 is 4.74 Å². The Morgan fingerprint density at radius 2 is 2.04 bits per heavy atom. The van der Waals surface area contributed by atoms with Gasteiger partial charge in [0.1, 0.15) is 6.04 Å². The van der Waals surface area contributed by atoms with E-state index in [1.54, 1.807) is 11.0 Å². The van der Waals surface area contributed by atoms with E-state index in [2.05, 4.69) is 4.90 Å². The highest BCUT2D eigenvalue weighted by Crippen LogP contribution is 2.31. The van der Waals surface area contributed by atoms with Gasteiger partial charge in [0, 0.05) is 24.7 Å². The minimum atomic E-state index is -0.577. The first-order chi connectivity index (χ1) is 13.2. The van der Waals surface area contributed by atoms with Crippen molar-refractivity contribution in [2.75, 3.05) is 34.3 Å². The molecule has 0 N–H and O–H groups in total. The summed E-state index contributed by atoms with van der Waals surface area (Å²) < 4.78 is 19.1. The van der Waals surface area contributed by atoms with Gasteiger partial charge in [-0.25, -0.2) is 4.39 Å². The summed E-state index contributed by atoms with van der Waals surface area (Å²) in [6.07, 6.45) is 1.44. The minimum Gasteiger partial charge on any atom is -0.494 e. The highest BCUT2D eigenvalue weighted by molar-refractivity contribution is 5.98. The Bertz CT molecular complexity index is 752. The third kappa shape index (κ3) is 3.85. The van der Waals surface area contributed by atoms with Crippen molar-refractivity contribution in [1.29, 1.82) is 0 Å². The van der Waals surface area contributed by atoms with Gasteiger partial charge in [0.05, 0.1) is 13.2 Å². The molecule has 2 saturated heterocycles. The van der Waals surface area contributed by atoms with Crippen LogP contribution in [0, 0.1) is 11.7 Å². The van der Waals surface area contributed by atoms with Gasteiger partial charge in [-0.2, -0.15) is 0 Å². The van der Waals surface area contributed by atoms with Crippen LogP contribution in [0.3, 0.4) is 0 Å². The third-order valence-corrected chi connectivity index (χ3v) is 5.83. The molecular formula is C21H30FN3O3. The van der Waals surface area contributed by atoms with E-state index >= 15 is 0 Å². The van der Waals surface area contributed by atoms with Gasteiger partial charge in [-0.05, 0) is 51.1 Å². The quantitative estimate of drug-likeness (QED) is 0.773. The van der Waals surface area contributed by atoms with E-state index in [0.29, 0.717) is 25.6 Å². The van der Waals surface area contributed by atoms with Crippen LogP contribution in [0.1, 0.15) is 37.0 Å². The lowest BCUT2D eigenvalue weighted by molar-refractivity contribution is -0.142. The first-order valence-electron chi connectivity index (χ1n) is 9.84. The van der Waals surface area contributed by atoms with Crippen molar-refractivity contribution in [3.63, 3.8) is 0 Å². The van der Waals surface area contributed by atoms with E-state index < -0.39 is 11.9 Å². The highest BCUT2D eigenvalue weighted by Gasteiger charge is 2.47. The molecule has 2 heterocycles. The van der Waals surface area contributed by atoms with Gasteiger partial charge in [0.2, 0.25) is 5.91 Å². The fraction of sp³-hybridized carbons (Fsp3) is 0.619. The predicted octanol–water partition coefficient (Wildman–Crippen LogP) is 2.24. The number of rotatable bonds is 5. The molecule has 2 aliphatic heterocycles. The van der Waals surface area contributed by atoms with E-state index in [4.69, 9.17) is 4.74 Å². The molecule has 1 aromatic carbocycles. The summed E-state index contributed by atoms with van der Waals surface area (Å²) in [5.41, 5.74) is 0.246. The molecule has 1 aromatic rings. The number of carbonyl (C=O) groups excluding carboxylic acids is 2. The Morgan fingerprint density at radius 3 is 2.61 bits per heavy atom. The largest absolute Gasteiger partial charge is 0.494 e. The van der Waals surface area contributed by atoms with Crippen molar-refractivity contribution in [3.05, 3.63) is 29.6 Å². The van der Waals surface area contributed by atoms with Gasteiger partial charge in [0.25, 0.3) is 5.91 Å². The maximum Gasteiger partial charge on any atom is 0.254 e. The molecule has 2 amide bonds. The molecule has 154 valence electrons. The van der Waals surface area contributed by atoms with Crippen LogP contribution in [0.15, 0.2) is 18.2 Å². The summed E-state index contributed by atoms with van der Waals surface area (Å²) in [5.74, 6) is -0.501. The number of ether oxygens (including phenoxy) is 1. The molecule has 3 rings (SSSR count). The van der Waals surface area contributed by atoms with Gasteiger partial charge in [-0.3, -0.25) is 9.59 Å². The molecule has 28 heavy (non-hydrogen) atoms. The van der Waals surface area contributed by atoms with E-state index in [0.717, 1.165) is 6.42 Å². The van der Waals surface area contributed by atoms with Crippen LogP contribution in [-0.2, 0) is 4.79 Å². The van der Waals surface area contributed by atoms with Gasteiger partial charge < -0.3 is 19.4 Å². The zero-order valence-corrected chi connectivity index (χ0v) is 17.3. The number of likely N-dealkylation sites (N-methyl/N-ethyl adjacent to an activating group) is 1. The van der Waals surface area contributed by atoms with Crippen molar-refractivity contribution < 1.29 is 18.7 Å². The number of hydrogen-bond acceptors (Lipinski definition) is 4. The Balaban J connectivity index is 1.89. The standard InChI is InChI=1S/C21H30FN3O3/c1-13(2)8-18-21(27)24-11-15(23(3)4)10-16(24)12-25(18)20(26)14-6-7-19(28-5)17(22)9-14/h6-7,9,13,15-16,18H,8,10-12H2,1-5H3/t15-,16-,18-/m0/s1. The van der Waals surface area contributed by atoms with Crippen LogP contribution in [0.2, 0.25) is 0 Å². The maximum atomic E-state index is 14.1. The molecule has 0 unspecified atom stereocenters. The van der Waals surface area contributed by atoms with Gasteiger partial charge in [-0.1, -0.05) is 13.8 Å². The van der Waals surface area contributed by atoms with Crippen molar-refractivity contribution >= 4 is 11.8 Å². The first-order valence-corrected chi connectivity index (χ1v) is 9.84. The Labute approximate surface area is 166 Å². The molecule has 0 radical (unpaired) electrons. The molecule has 2 fully saturated rings. The third-order valence-electron chi connectivity index (χ3n) is 5.83. The normalized spacial score (nSPS) is 24.9. The molecule has 0 aliphatic carbocycles. The van der Waals surface area contributed by atoms with Crippen LogP contribution >= 0.6 is 0 Å². The summed E-state index contributed by atoms with van der Waals surface area (Å²) in [7, 11) is 5.42. The average molecular weight is 391 g/mol. The van der Waals surface area contributed by atoms with E-state index in [-0.39, 0.29) is 35.1 Å². The zero-order chi connectivity index (χ0) is 20.6. The molecule has 0 aromatic heterocycles. The SMILES string of the molecule is COc1ccc(C(=O)N2C[C@@H]3C[C@H](N(C)C)CN3C(=O)[C@@H]2CC(C)C)cc1F. The smallest absolute Gasteiger partial charge is 0.254 e. The van der Waals surface area contributed by atoms with E-state index in [1.165, 1.54) is 19.2 Å². The number of hydrogen-bond donors (Lipinski definition) is 0. The Morgan fingerprint density at radius 1 is 1.32 bits per heavy atom. The summed E-state index contributed by atoms with van der Waals surface area (Å²) in [4.78, 5) is 32.2. The molecule has 0 spiro atoms. The van der Waals surface area contributed by atoms with Gasteiger partial charge >= 0.3 is 0 Å². The summed E-state index contributed by atoms with van der Waals surface area (Å²) in [5, 5.41) is 0. The molecular weight excluding hydrogens is 361 g/mol. The lowest BCUT2D eigenvalue weighted by atomic mass is 9.96. The highest BCUT2D eigenvalue weighted by atomic mass is 19.1. The monoisotopic (exact) mass is 391 g/mol. The molecule has 0 bridgehead atoms. The fourth-order valence-electron chi connectivity index (χ4n) is 4.25. The van der Waals surface area contributed by atoms with Crippen molar-refractivity contribution in [2.24, 2.45) is 5.92 Å². The number of piperazine rings is 1. The molecule has 2 aliphatic rings. The molecule has 6 nitrogen and oxygen atoms in total. The molecule has 3 atom stereocenters. The van der Waals surface area contributed by atoms with Crippen molar-refractivity contribution in [2.45, 2.75) is 44.8 Å². The minimum absolute atomic E-state index is 0.00959. The second-order valence-corrected chi connectivity index (χ2v) is 8.45. The number of nitrogens with zero attached hydrogens (tertiary/aromatic N) is 3. The second-order valence-electron chi connectivity index (χ2n) is 8.45. The van der Waals surface area contributed by atoms with Crippen LogP contribution in [0.25, 0.3) is 0 Å². The zero-order valence-electron chi connectivity index (χ0n) is 17.3. The number of amides is 2. The second kappa shape index (κ2) is 8.07. The number of methoxy groups -OCH3 is 1. The summed E-state index contributed by atoms with van der Waals surface area (Å²) in [6, 6.07) is 4.01. The molecule has 7 heteroatoms. The molecule has 0 saturated carbocycles. The number of halogens is 1. The maximum absolute atomic E-state index is 14.1. The van der Waals surface area contributed by atoms with Gasteiger partial charge in [0.15, 0.2) is 11.6 Å². The predicted molar refractivity (Wildman–Crippen MR) is 105 cm³/mol. The number of fused-ring (bicyclic) bond motifs is 1. The summed E-state index contributed by atoms with van der Waals surface area (Å²) in [6.45, 7) is 5.27. The topological polar surface area (TPSA) is 53.1 Å². The van der Waals surface area contributed by atoms with Crippen LogP contribution in [0.5, 0.6) is 5.75 Å². The van der Waals surface area contributed by atoms with Gasteiger partial charge in [-0.15, -0.1) is 0 Å². The Hall–Kier alpha value is -2.15. The lowest BCUT2D eigenvalue weighted by Gasteiger charge is -2.43. The average Bonchev–Trinajstić information content (AvgIpc) is 3.08.